The van der Waals surface area contributed by atoms with Gasteiger partial charge in [0.2, 0.25) is 5.91 Å². The van der Waals surface area contributed by atoms with E-state index in [1.165, 1.54) is 18.3 Å². The van der Waals surface area contributed by atoms with Crippen LogP contribution in [0.3, 0.4) is 0 Å². The molecule has 1 N–H and O–H groups in total. The molecule has 2 amide bonds. The smallest absolute Gasteiger partial charge is 0.422 e. The second-order valence-corrected chi connectivity index (χ2v) is 7.86. The Bertz CT molecular complexity index is 924. The van der Waals surface area contributed by atoms with Gasteiger partial charge in [0, 0.05) is 31.4 Å². The molecular weight excluding hydrogens is 447 g/mol. The van der Waals surface area contributed by atoms with Gasteiger partial charge in [-0.3, -0.25) is 14.6 Å². The van der Waals surface area contributed by atoms with E-state index in [1.54, 1.807) is 50.1 Å². The zero-order valence-corrected chi connectivity index (χ0v) is 18.7. The van der Waals surface area contributed by atoms with E-state index < -0.39 is 18.8 Å². The van der Waals surface area contributed by atoms with Crippen LogP contribution in [0.2, 0.25) is 5.02 Å². The van der Waals surface area contributed by atoms with E-state index in [9.17, 15) is 22.8 Å². The molecule has 6 nitrogen and oxygen atoms in total. The molecule has 10 heteroatoms. The molecule has 174 valence electrons. The molecule has 1 atom stereocenters. The van der Waals surface area contributed by atoms with Gasteiger partial charge in [-0.05, 0) is 36.8 Å². The van der Waals surface area contributed by atoms with Gasteiger partial charge >= 0.3 is 6.18 Å². The van der Waals surface area contributed by atoms with Gasteiger partial charge in [0.1, 0.15) is 5.75 Å². The van der Waals surface area contributed by atoms with Crippen molar-refractivity contribution in [2.45, 2.75) is 33.0 Å². The van der Waals surface area contributed by atoms with Crippen molar-refractivity contribution >= 4 is 23.4 Å². The molecule has 1 aromatic heterocycles. The number of hydrogen-bond acceptors (Lipinski definition) is 4. The van der Waals surface area contributed by atoms with Crippen LogP contribution in [0.25, 0.3) is 0 Å². The summed E-state index contributed by atoms with van der Waals surface area (Å²) in [7, 11) is 0. The largest absolute Gasteiger partial charge is 0.483 e. The van der Waals surface area contributed by atoms with Crippen molar-refractivity contribution in [2.75, 3.05) is 19.7 Å². The number of carbonyl (C=O) groups is 2. The van der Waals surface area contributed by atoms with Crippen molar-refractivity contribution in [3.8, 4) is 5.75 Å². The summed E-state index contributed by atoms with van der Waals surface area (Å²) >= 11 is 6.10. The lowest BCUT2D eigenvalue weighted by Crippen LogP contribution is -2.41. The predicted octanol–water partition coefficient (Wildman–Crippen LogP) is 4.65. The number of ether oxygens (including phenoxy) is 1. The first-order valence-corrected chi connectivity index (χ1v) is 10.3. The van der Waals surface area contributed by atoms with Gasteiger partial charge in [-0.15, -0.1) is 0 Å². The van der Waals surface area contributed by atoms with Crippen molar-refractivity contribution in [3.05, 3.63) is 58.9 Å². The maximum atomic E-state index is 12.8. The van der Waals surface area contributed by atoms with E-state index in [1.807, 2.05) is 0 Å². The molecule has 0 aliphatic rings. The summed E-state index contributed by atoms with van der Waals surface area (Å²) in [5.41, 5.74) is 1.03. The monoisotopic (exact) mass is 471 g/mol. The standard InChI is InChI=1S/C22H25ClF3N3O3/c1-14(2)21(31)29(10-9-28-20(30)17-5-4-8-27-12-17)15(3)16-6-7-19(18(23)11-16)32-13-22(24,25)26/h4-8,11-12,14-15H,9-10,13H2,1-3H3,(H,28,30). The van der Waals surface area contributed by atoms with Crippen LogP contribution < -0.4 is 10.1 Å². The van der Waals surface area contributed by atoms with E-state index in [2.05, 4.69) is 10.3 Å². The maximum absolute atomic E-state index is 12.8. The molecule has 2 aromatic rings. The Morgan fingerprint density at radius 2 is 1.94 bits per heavy atom. The molecule has 1 aromatic carbocycles. The molecule has 32 heavy (non-hydrogen) atoms. The molecule has 1 unspecified atom stereocenters. The predicted molar refractivity (Wildman–Crippen MR) is 115 cm³/mol. The van der Waals surface area contributed by atoms with Gasteiger partial charge in [-0.2, -0.15) is 13.2 Å². The molecule has 0 saturated heterocycles. The number of halogens is 4. The second kappa shape index (κ2) is 11.2. The summed E-state index contributed by atoms with van der Waals surface area (Å²) in [5.74, 6) is -0.833. The minimum Gasteiger partial charge on any atom is -0.483 e. The average Bonchev–Trinajstić information content (AvgIpc) is 2.74. The van der Waals surface area contributed by atoms with Gasteiger partial charge in [0.15, 0.2) is 6.61 Å². The Hall–Kier alpha value is -2.81. The highest BCUT2D eigenvalue weighted by molar-refractivity contribution is 6.32. The van der Waals surface area contributed by atoms with Gasteiger partial charge < -0.3 is 15.0 Å². The number of nitrogens with one attached hydrogen (secondary N) is 1. The third kappa shape index (κ3) is 7.40. The number of hydrogen-bond donors (Lipinski definition) is 1. The molecule has 0 aliphatic heterocycles. The van der Waals surface area contributed by atoms with Crippen LogP contribution in [-0.4, -0.2) is 47.6 Å². The summed E-state index contributed by atoms with van der Waals surface area (Å²) < 4.78 is 41.9. The van der Waals surface area contributed by atoms with Crippen LogP contribution in [0.15, 0.2) is 42.7 Å². The number of carbonyl (C=O) groups excluding carboxylic acids is 2. The van der Waals surface area contributed by atoms with Crippen molar-refractivity contribution in [3.63, 3.8) is 0 Å². The van der Waals surface area contributed by atoms with E-state index in [0.717, 1.165) is 0 Å². The zero-order valence-electron chi connectivity index (χ0n) is 17.9. The highest BCUT2D eigenvalue weighted by Crippen LogP contribution is 2.31. The third-order valence-electron chi connectivity index (χ3n) is 4.64. The van der Waals surface area contributed by atoms with Gasteiger partial charge in [0.25, 0.3) is 5.91 Å². The van der Waals surface area contributed by atoms with Crippen LogP contribution >= 0.6 is 11.6 Å². The number of nitrogens with zero attached hydrogens (tertiary/aromatic N) is 2. The first-order chi connectivity index (χ1) is 15.0. The van der Waals surface area contributed by atoms with Gasteiger partial charge in [0.05, 0.1) is 16.6 Å². The second-order valence-electron chi connectivity index (χ2n) is 7.45. The number of rotatable bonds is 9. The highest BCUT2D eigenvalue weighted by Gasteiger charge is 2.29. The van der Waals surface area contributed by atoms with Gasteiger partial charge in [-0.1, -0.05) is 31.5 Å². The van der Waals surface area contributed by atoms with E-state index in [0.29, 0.717) is 11.1 Å². The summed E-state index contributed by atoms with van der Waals surface area (Å²) in [6.07, 6.45) is -1.47. The fourth-order valence-corrected chi connectivity index (χ4v) is 3.19. The Kier molecular flexibility index (Phi) is 8.89. The maximum Gasteiger partial charge on any atom is 0.422 e. The summed E-state index contributed by atoms with van der Waals surface area (Å²) in [6, 6.07) is 7.24. The molecular formula is C22H25ClF3N3O3. The topological polar surface area (TPSA) is 71.5 Å². The van der Waals surface area contributed by atoms with Crippen molar-refractivity contribution in [1.82, 2.24) is 15.2 Å². The van der Waals surface area contributed by atoms with Gasteiger partial charge in [-0.25, -0.2) is 0 Å². The van der Waals surface area contributed by atoms with Crippen molar-refractivity contribution in [1.29, 1.82) is 0 Å². The fourth-order valence-electron chi connectivity index (χ4n) is 2.95. The third-order valence-corrected chi connectivity index (χ3v) is 4.93. The Labute approximate surface area is 189 Å². The molecule has 0 saturated carbocycles. The van der Waals surface area contributed by atoms with Crippen LogP contribution in [0.1, 0.15) is 42.7 Å². The first kappa shape index (κ1) is 25.5. The number of pyridine rings is 1. The molecule has 0 bridgehead atoms. The lowest BCUT2D eigenvalue weighted by Gasteiger charge is -2.31. The Morgan fingerprint density at radius 3 is 2.50 bits per heavy atom. The molecule has 0 radical (unpaired) electrons. The van der Waals surface area contributed by atoms with E-state index in [4.69, 9.17) is 16.3 Å². The quantitative estimate of drug-likeness (QED) is 0.577. The highest BCUT2D eigenvalue weighted by atomic mass is 35.5. The number of alkyl halides is 3. The van der Waals surface area contributed by atoms with Crippen LogP contribution in [0, 0.1) is 5.92 Å². The summed E-state index contributed by atoms with van der Waals surface area (Å²) in [5, 5.41) is 2.77. The van der Waals surface area contributed by atoms with Crippen LogP contribution in [0.4, 0.5) is 13.2 Å². The molecule has 0 fully saturated rings. The van der Waals surface area contributed by atoms with Crippen molar-refractivity contribution in [2.24, 2.45) is 5.92 Å². The van der Waals surface area contributed by atoms with Crippen molar-refractivity contribution < 1.29 is 27.5 Å². The minimum absolute atomic E-state index is 0.0143. The SMILES string of the molecule is CC(C)C(=O)N(CCNC(=O)c1cccnc1)C(C)c1ccc(OCC(F)(F)F)c(Cl)c1. The lowest BCUT2D eigenvalue weighted by molar-refractivity contribution is -0.153. The summed E-state index contributed by atoms with van der Waals surface area (Å²) in [6.45, 7) is 4.29. The van der Waals surface area contributed by atoms with Crippen LogP contribution in [-0.2, 0) is 4.79 Å². The molecule has 0 spiro atoms. The average molecular weight is 472 g/mol. The normalized spacial score (nSPS) is 12.4. The molecule has 2 rings (SSSR count). The molecule has 0 aliphatic carbocycles. The number of benzene rings is 1. The minimum atomic E-state index is -4.48. The number of amides is 2. The Balaban J connectivity index is 2.10. The Morgan fingerprint density at radius 1 is 1.22 bits per heavy atom. The molecule has 1 heterocycles. The lowest BCUT2D eigenvalue weighted by atomic mass is 10.0. The first-order valence-electron chi connectivity index (χ1n) is 9.97. The van der Waals surface area contributed by atoms with E-state index in [-0.39, 0.29) is 41.6 Å². The number of aromatic nitrogens is 1. The van der Waals surface area contributed by atoms with Crippen LogP contribution in [0.5, 0.6) is 5.75 Å². The fraction of sp³-hybridized carbons (Fsp3) is 0.409. The summed E-state index contributed by atoms with van der Waals surface area (Å²) in [4.78, 5) is 30.5. The van der Waals surface area contributed by atoms with E-state index >= 15 is 0 Å². The zero-order chi connectivity index (χ0) is 23.9.